The maximum Gasteiger partial charge on any atom is 0.290 e. The van der Waals surface area contributed by atoms with Gasteiger partial charge in [-0.1, -0.05) is 71.4 Å². The Hall–Kier alpha value is -4.76. The van der Waals surface area contributed by atoms with Crippen molar-refractivity contribution < 1.29 is 38.2 Å². The minimum atomic E-state index is -1.12. The maximum atomic E-state index is 14.6. The molecular weight excluding hydrogens is 694 g/mol. The molecule has 294 valence electrons. The van der Waals surface area contributed by atoms with Gasteiger partial charge in [0.2, 0.25) is 23.5 Å². The van der Waals surface area contributed by atoms with Crippen molar-refractivity contribution in [3.63, 3.8) is 0 Å². The summed E-state index contributed by atoms with van der Waals surface area (Å²) in [4.78, 5) is 91.7. The van der Waals surface area contributed by atoms with Crippen LogP contribution in [0.4, 0.5) is 0 Å². The van der Waals surface area contributed by atoms with Gasteiger partial charge in [-0.2, -0.15) is 0 Å². The van der Waals surface area contributed by atoms with E-state index < -0.39 is 71.4 Å². The third kappa shape index (κ3) is 10.3. The first-order valence-electron chi connectivity index (χ1n) is 18.8. The molecule has 1 aromatic carbocycles. The monoisotopic (exact) mass is 749 g/mol. The van der Waals surface area contributed by atoms with E-state index in [1.54, 1.807) is 34.6 Å². The van der Waals surface area contributed by atoms with E-state index >= 15 is 0 Å². The highest BCUT2D eigenvalue weighted by atomic mass is 16.7. The number of rotatable bonds is 18. The number of fused-ring (bicyclic) bond motifs is 1. The summed E-state index contributed by atoms with van der Waals surface area (Å²) in [6.45, 7) is 11.0. The number of ether oxygens (including phenoxy) is 2. The van der Waals surface area contributed by atoms with Gasteiger partial charge in [-0.05, 0) is 49.5 Å². The van der Waals surface area contributed by atoms with Gasteiger partial charge >= 0.3 is 0 Å². The number of amides is 5. The summed E-state index contributed by atoms with van der Waals surface area (Å²) in [6.07, 6.45) is 5.76. The van der Waals surface area contributed by atoms with Crippen LogP contribution in [0.2, 0.25) is 0 Å². The van der Waals surface area contributed by atoms with Gasteiger partial charge in [0.25, 0.3) is 11.8 Å². The Morgan fingerprint density at radius 2 is 1.57 bits per heavy atom. The van der Waals surface area contributed by atoms with Gasteiger partial charge in [-0.15, -0.1) is 0 Å². The average Bonchev–Trinajstić information content (AvgIpc) is 3.74. The van der Waals surface area contributed by atoms with E-state index in [1.165, 1.54) is 30.6 Å². The Labute approximate surface area is 317 Å². The number of carbonyl (C=O) groups excluding carboxylic acids is 6. The molecule has 0 bridgehead atoms. The van der Waals surface area contributed by atoms with Gasteiger partial charge in [-0.25, -0.2) is 4.98 Å². The Balaban J connectivity index is 1.56. The van der Waals surface area contributed by atoms with E-state index in [9.17, 15) is 28.8 Å². The molecule has 1 saturated heterocycles. The van der Waals surface area contributed by atoms with E-state index in [4.69, 9.17) is 9.47 Å². The van der Waals surface area contributed by atoms with E-state index in [1.807, 2.05) is 37.3 Å². The van der Waals surface area contributed by atoms with Crippen LogP contribution in [0.3, 0.4) is 0 Å². The summed E-state index contributed by atoms with van der Waals surface area (Å²) in [5.74, 6) is -5.05. The zero-order valence-electron chi connectivity index (χ0n) is 32.2. The second-order valence-corrected chi connectivity index (χ2v) is 14.8. The third-order valence-electron chi connectivity index (χ3n) is 10.3. The molecule has 8 atom stereocenters. The number of nitrogens with one attached hydrogen (secondary N) is 4. The molecule has 4 N–H and O–H groups in total. The van der Waals surface area contributed by atoms with Gasteiger partial charge in [0.1, 0.15) is 30.6 Å². The second kappa shape index (κ2) is 19.5. The zero-order chi connectivity index (χ0) is 39.5. The fourth-order valence-corrected chi connectivity index (χ4v) is 7.37. The first kappa shape index (κ1) is 42.0. The first-order valence-corrected chi connectivity index (χ1v) is 18.8. The van der Waals surface area contributed by atoms with E-state index in [-0.39, 0.29) is 49.3 Å². The lowest BCUT2D eigenvalue weighted by atomic mass is 9.92. The van der Waals surface area contributed by atoms with Crippen molar-refractivity contribution in [2.24, 2.45) is 23.7 Å². The van der Waals surface area contributed by atoms with Crippen LogP contribution in [0.5, 0.6) is 0 Å². The molecule has 1 saturated carbocycles. The molecule has 2 fully saturated rings. The van der Waals surface area contributed by atoms with Crippen LogP contribution < -0.4 is 21.3 Å². The van der Waals surface area contributed by atoms with Crippen molar-refractivity contribution in [2.45, 2.75) is 104 Å². The molecule has 2 unspecified atom stereocenters. The Bertz CT molecular complexity index is 1610. The van der Waals surface area contributed by atoms with Crippen LogP contribution in [0.25, 0.3) is 0 Å². The number of carbonyl (C=O) groups is 6. The minimum Gasteiger partial charge on any atom is -0.359 e. The van der Waals surface area contributed by atoms with Crippen LogP contribution in [-0.2, 0) is 33.4 Å². The number of benzene rings is 1. The molecule has 54 heavy (non-hydrogen) atoms. The Morgan fingerprint density at radius 3 is 2.19 bits per heavy atom. The highest BCUT2D eigenvalue weighted by Gasteiger charge is 2.55. The van der Waals surface area contributed by atoms with Crippen LogP contribution in [0.15, 0.2) is 48.9 Å². The molecule has 2 heterocycles. The molecule has 15 heteroatoms. The number of nitrogens with zero attached hydrogens (tertiary/aromatic N) is 3. The number of hydrogen-bond donors (Lipinski definition) is 4. The topological polar surface area (TPSA) is 198 Å². The Kier molecular flexibility index (Phi) is 15.2. The quantitative estimate of drug-likeness (QED) is 0.130. The van der Waals surface area contributed by atoms with Gasteiger partial charge in [0.15, 0.2) is 0 Å². The molecule has 15 nitrogen and oxygen atoms in total. The average molecular weight is 750 g/mol. The lowest BCUT2D eigenvalue weighted by molar-refractivity contribution is -0.145. The standard InChI is InChI=1S/C39H55N7O8/c1-8-12-28(34(47)38(51)42-24(6)25-13-10-9-11-14-25)43-37(50)33-26-15-16-30(54-21-53-7)27(26)20-46(33)39(52)32(23(4)5)45-36(49)31(22(2)3)44-35(48)29-19-40-17-18-41-29/h9-11,13-14,17-19,22-24,26-28,30-33H,8,12,15-16,20-21H2,1-7H3,(H,42,51)(H,43,50)(H,44,48)(H,45,49)/t24-,26+,27+,28?,30-,31-,32+,33?/m1/s1. The lowest BCUT2D eigenvalue weighted by Crippen LogP contribution is -2.60. The van der Waals surface area contributed by atoms with Crippen molar-refractivity contribution in [2.75, 3.05) is 20.4 Å². The van der Waals surface area contributed by atoms with E-state index in [0.717, 1.165) is 5.56 Å². The Morgan fingerprint density at radius 1 is 0.870 bits per heavy atom. The van der Waals surface area contributed by atoms with Crippen LogP contribution in [-0.4, -0.2) is 101 Å². The maximum absolute atomic E-state index is 14.6. The van der Waals surface area contributed by atoms with Crippen LogP contribution in [0.1, 0.15) is 89.3 Å². The SMILES string of the molecule is CCCC(NC(=O)C1[C@H]2CC[C@@H](OCOC)[C@H]2CN1C(=O)[C@@H](NC(=O)[C@H](NC(=O)c1cnccn1)C(C)C)C(C)C)C(=O)C(=O)N[C@H](C)c1ccccc1. The first-order chi connectivity index (χ1) is 25.8. The van der Waals surface area contributed by atoms with Gasteiger partial charge in [0.05, 0.1) is 24.4 Å². The number of Topliss-reactive ketones (excluding diaryl/α,β-unsaturated/α-hetero) is 1. The smallest absolute Gasteiger partial charge is 0.290 e. The predicted octanol–water partition coefficient (Wildman–Crippen LogP) is 2.33. The fraction of sp³-hybridized carbons (Fsp3) is 0.590. The summed E-state index contributed by atoms with van der Waals surface area (Å²) in [7, 11) is 1.52. The third-order valence-corrected chi connectivity index (χ3v) is 10.3. The molecule has 0 radical (unpaired) electrons. The number of aromatic nitrogens is 2. The molecule has 1 aliphatic carbocycles. The number of hydrogen-bond acceptors (Lipinski definition) is 10. The summed E-state index contributed by atoms with van der Waals surface area (Å²) < 4.78 is 11.1. The van der Waals surface area contributed by atoms with Crippen molar-refractivity contribution in [1.29, 1.82) is 0 Å². The van der Waals surface area contributed by atoms with Crippen molar-refractivity contribution in [3.8, 4) is 0 Å². The van der Waals surface area contributed by atoms with E-state index in [0.29, 0.717) is 19.3 Å². The fourth-order valence-electron chi connectivity index (χ4n) is 7.37. The zero-order valence-corrected chi connectivity index (χ0v) is 32.2. The normalized spacial score (nSPS) is 21.5. The summed E-state index contributed by atoms with van der Waals surface area (Å²) in [6, 6.07) is 4.62. The van der Waals surface area contributed by atoms with Gasteiger partial charge in [0, 0.05) is 32.0 Å². The lowest BCUT2D eigenvalue weighted by Gasteiger charge is -2.34. The largest absolute Gasteiger partial charge is 0.359 e. The van der Waals surface area contributed by atoms with Crippen LogP contribution in [0, 0.1) is 23.7 Å². The molecular formula is C39H55N7O8. The molecule has 0 spiro atoms. The summed E-state index contributed by atoms with van der Waals surface area (Å²) >= 11 is 0. The highest BCUT2D eigenvalue weighted by molar-refractivity contribution is 6.38. The van der Waals surface area contributed by atoms with Crippen molar-refractivity contribution in [1.82, 2.24) is 36.1 Å². The van der Waals surface area contributed by atoms with Crippen molar-refractivity contribution in [3.05, 3.63) is 60.2 Å². The second-order valence-electron chi connectivity index (χ2n) is 14.8. The molecule has 4 rings (SSSR count). The number of likely N-dealkylation sites (tertiary alicyclic amines) is 1. The molecule has 1 aliphatic heterocycles. The summed E-state index contributed by atoms with van der Waals surface area (Å²) in [5.41, 5.74) is 0.866. The molecule has 1 aromatic heterocycles. The summed E-state index contributed by atoms with van der Waals surface area (Å²) in [5, 5.41) is 11.1. The highest BCUT2D eigenvalue weighted by Crippen LogP contribution is 2.44. The minimum absolute atomic E-state index is 0.0400. The van der Waals surface area contributed by atoms with Crippen LogP contribution >= 0.6 is 0 Å². The number of methoxy groups -OCH3 is 1. The molecule has 2 aliphatic rings. The molecule has 5 amide bonds. The predicted molar refractivity (Wildman–Crippen MR) is 198 cm³/mol. The van der Waals surface area contributed by atoms with Gasteiger partial charge < -0.3 is 35.6 Å². The number of ketones is 1. The molecule has 2 aromatic rings. The van der Waals surface area contributed by atoms with Gasteiger partial charge in [-0.3, -0.25) is 33.8 Å². The van der Waals surface area contributed by atoms with Crippen molar-refractivity contribution >= 4 is 35.3 Å². The van der Waals surface area contributed by atoms with E-state index in [2.05, 4.69) is 31.2 Å².